The zero-order chi connectivity index (χ0) is 29.8. The lowest BCUT2D eigenvalue weighted by Gasteiger charge is -2.29. The van der Waals surface area contributed by atoms with E-state index < -0.39 is 48.3 Å². The normalized spacial score (nSPS) is 13.3. The molecule has 1 aromatic rings. The lowest BCUT2D eigenvalue weighted by molar-refractivity contribution is -0.148. The molecule has 12 nitrogen and oxygen atoms in total. The predicted octanol–water partition coefficient (Wildman–Crippen LogP) is 4.93. The molecule has 220 valence electrons. The third-order valence-corrected chi connectivity index (χ3v) is 5.03. The van der Waals surface area contributed by atoms with Gasteiger partial charge in [0.2, 0.25) is 0 Å². The Bertz CT molecular complexity index is 976. The number of methoxy groups -OCH3 is 1. The third kappa shape index (κ3) is 12.7. The number of carbonyl (C=O) groups excluding carboxylic acids is 4. The Labute approximate surface area is 229 Å². The number of hydrogen-bond donors (Lipinski definition) is 1. The Morgan fingerprint density at radius 1 is 0.821 bits per heavy atom. The number of rotatable bonds is 13. The van der Waals surface area contributed by atoms with E-state index in [-0.39, 0.29) is 30.9 Å². The molecule has 0 aliphatic carbocycles. The van der Waals surface area contributed by atoms with Crippen molar-refractivity contribution in [2.45, 2.75) is 91.6 Å². The van der Waals surface area contributed by atoms with Crippen LogP contribution in [0, 0.1) is 5.92 Å². The molecule has 1 rings (SSSR count). The second-order valence-electron chi connectivity index (χ2n) is 10.1. The van der Waals surface area contributed by atoms with E-state index >= 15 is 0 Å². The highest BCUT2D eigenvalue weighted by Gasteiger charge is 2.38. The first-order valence-electron chi connectivity index (χ1n) is 12.8. The number of benzene rings is 1. The zero-order valence-electron chi connectivity index (χ0n) is 23.9. The Balaban J connectivity index is 3.15. The van der Waals surface area contributed by atoms with Crippen LogP contribution in [0.3, 0.4) is 0 Å². The molecule has 0 saturated heterocycles. The zero-order valence-corrected chi connectivity index (χ0v) is 23.9. The summed E-state index contributed by atoms with van der Waals surface area (Å²) in [4.78, 5) is 48.9. The van der Waals surface area contributed by atoms with Crippen LogP contribution in [0.25, 0.3) is 0 Å². The van der Waals surface area contributed by atoms with Gasteiger partial charge in [-0.25, -0.2) is 14.4 Å². The number of esters is 1. The first-order valence-corrected chi connectivity index (χ1v) is 12.8. The number of carbonyl (C=O) groups is 4. The smallest absolute Gasteiger partial charge is 0.468 e. The van der Waals surface area contributed by atoms with Crippen molar-refractivity contribution in [1.29, 1.82) is 0 Å². The van der Waals surface area contributed by atoms with Gasteiger partial charge in [0.05, 0.1) is 25.9 Å². The van der Waals surface area contributed by atoms with E-state index in [0.29, 0.717) is 17.9 Å². The molecule has 12 heteroatoms. The molecule has 0 fully saturated rings. The maximum Gasteiger partial charge on any atom is 0.514 e. The van der Waals surface area contributed by atoms with E-state index in [9.17, 15) is 19.2 Å². The van der Waals surface area contributed by atoms with Crippen LogP contribution in [0.5, 0.6) is 11.5 Å². The lowest BCUT2D eigenvalue weighted by Crippen LogP contribution is -2.53. The minimum atomic E-state index is -1.64. The molecule has 0 saturated carbocycles. The van der Waals surface area contributed by atoms with E-state index in [1.807, 2.05) is 13.8 Å². The molecular weight excluding hydrogens is 514 g/mol. The van der Waals surface area contributed by atoms with Crippen molar-refractivity contribution >= 4 is 24.4 Å². The van der Waals surface area contributed by atoms with Crippen molar-refractivity contribution in [3.63, 3.8) is 0 Å². The molecule has 0 bridgehead atoms. The van der Waals surface area contributed by atoms with Crippen LogP contribution in [0.15, 0.2) is 18.2 Å². The SMILES string of the molecule is COC(=O)C(N)(Cc1ccc(OC(=O)OC(C)C)c(OC(=O)OC(C)C)c1)C[C@H](C)OC(=O)OCCC(C)C. The topological polar surface area (TPSA) is 159 Å². The summed E-state index contributed by atoms with van der Waals surface area (Å²) in [5.41, 5.74) is 5.23. The Kier molecular flexibility index (Phi) is 13.5. The maximum atomic E-state index is 12.7. The van der Waals surface area contributed by atoms with Crippen molar-refractivity contribution in [2.24, 2.45) is 11.7 Å². The van der Waals surface area contributed by atoms with Gasteiger partial charge in [-0.05, 0) is 64.7 Å². The Morgan fingerprint density at radius 3 is 1.90 bits per heavy atom. The van der Waals surface area contributed by atoms with Gasteiger partial charge < -0.3 is 38.9 Å². The first kappa shape index (κ1) is 33.5. The molecule has 2 atom stereocenters. The van der Waals surface area contributed by atoms with Crippen LogP contribution >= 0.6 is 0 Å². The molecule has 0 aliphatic heterocycles. The summed E-state index contributed by atoms with van der Waals surface area (Å²) < 4.78 is 35.7. The van der Waals surface area contributed by atoms with E-state index in [1.165, 1.54) is 25.3 Å². The molecule has 0 spiro atoms. The number of ether oxygens (including phenoxy) is 7. The maximum absolute atomic E-state index is 12.7. The summed E-state index contributed by atoms with van der Waals surface area (Å²) in [6, 6.07) is 4.25. The van der Waals surface area contributed by atoms with E-state index in [4.69, 9.17) is 38.9 Å². The molecule has 0 amide bonds. The van der Waals surface area contributed by atoms with Crippen LogP contribution < -0.4 is 15.2 Å². The molecule has 1 unspecified atom stereocenters. The van der Waals surface area contributed by atoms with Gasteiger partial charge in [-0.2, -0.15) is 0 Å². The molecule has 0 heterocycles. The highest BCUT2D eigenvalue weighted by atomic mass is 16.8. The standard InChI is InChI=1S/C27H41NO11/c1-16(2)11-12-34-24(30)37-19(7)14-27(28,23(29)33-8)15-20-9-10-21(38-25(31)35-17(3)4)22(13-20)39-26(32)36-18(5)6/h9-10,13,16-19H,11-12,14-15,28H2,1-8H3/t19-,27?/m0/s1. The van der Waals surface area contributed by atoms with Crippen LogP contribution in [-0.4, -0.2) is 62.0 Å². The molecule has 1 aromatic carbocycles. The second-order valence-corrected chi connectivity index (χ2v) is 10.1. The Morgan fingerprint density at radius 2 is 1.38 bits per heavy atom. The van der Waals surface area contributed by atoms with Crippen molar-refractivity contribution < 1.29 is 52.3 Å². The van der Waals surface area contributed by atoms with Crippen LogP contribution in [0.4, 0.5) is 14.4 Å². The number of nitrogens with two attached hydrogens (primary N) is 1. The summed E-state index contributed by atoms with van der Waals surface area (Å²) in [6.45, 7) is 12.3. The minimum absolute atomic E-state index is 0.108. The van der Waals surface area contributed by atoms with Crippen LogP contribution in [-0.2, 0) is 34.9 Å². The van der Waals surface area contributed by atoms with Gasteiger partial charge in [0, 0.05) is 12.8 Å². The predicted molar refractivity (Wildman–Crippen MR) is 140 cm³/mol. The van der Waals surface area contributed by atoms with E-state index in [1.54, 1.807) is 34.6 Å². The van der Waals surface area contributed by atoms with Crippen molar-refractivity contribution in [3.8, 4) is 11.5 Å². The van der Waals surface area contributed by atoms with Crippen molar-refractivity contribution in [1.82, 2.24) is 0 Å². The molecule has 0 radical (unpaired) electrons. The second kappa shape index (κ2) is 15.8. The highest BCUT2D eigenvalue weighted by Crippen LogP contribution is 2.32. The first-order chi connectivity index (χ1) is 18.1. The van der Waals surface area contributed by atoms with Gasteiger partial charge in [-0.1, -0.05) is 19.9 Å². The summed E-state index contributed by atoms with van der Waals surface area (Å²) in [5.74, 6) is -0.686. The van der Waals surface area contributed by atoms with Gasteiger partial charge >= 0.3 is 24.4 Å². The fraction of sp³-hybridized carbons (Fsp3) is 0.630. The molecule has 0 aromatic heterocycles. The third-order valence-electron chi connectivity index (χ3n) is 5.03. The Hall–Kier alpha value is -3.54. The van der Waals surface area contributed by atoms with Gasteiger partial charge in [-0.3, -0.25) is 4.79 Å². The average molecular weight is 556 g/mol. The van der Waals surface area contributed by atoms with Gasteiger partial charge in [0.15, 0.2) is 11.5 Å². The number of hydrogen-bond acceptors (Lipinski definition) is 12. The highest BCUT2D eigenvalue weighted by molar-refractivity contribution is 5.81. The average Bonchev–Trinajstić information content (AvgIpc) is 2.78. The fourth-order valence-corrected chi connectivity index (χ4v) is 3.37. The monoisotopic (exact) mass is 555 g/mol. The molecular formula is C27H41NO11. The van der Waals surface area contributed by atoms with Crippen LogP contribution in [0.2, 0.25) is 0 Å². The summed E-state index contributed by atoms with van der Waals surface area (Å²) in [5, 5.41) is 0. The summed E-state index contributed by atoms with van der Waals surface area (Å²) >= 11 is 0. The minimum Gasteiger partial charge on any atom is -0.468 e. The van der Waals surface area contributed by atoms with Gasteiger partial charge in [0.1, 0.15) is 11.6 Å². The quantitative estimate of drug-likeness (QED) is 0.199. The molecule has 0 aliphatic rings. The molecule has 2 N–H and O–H groups in total. The lowest BCUT2D eigenvalue weighted by atomic mass is 9.86. The van der Waals surface area contributed by atoms with E-state index in [0.717, 1.165) is 0 Å². The van der Waals surface area contributed by atoms with Gasteiger partial charge in [0.25, 0.3) is 0 Å². The summed E-state index contributed by atoms with van der Waals surface area (Å²) in [7, 11) is 1.18. The van der Waals surface area contributed by atoms with Crippen molar-refractivity contribution in [3.05, 3.63) is 23.8 Å². The fourth-order valence-electron chi connectivity index (χ4n) is 3.37. The summed E-state index contributed by atoms with van der Waals surface area (Å²) in [6.07, 6.45) is -4.16. The van der Waals surface area contributed by atoms with Crippen LogP contribution in [0.1, 0.15) is 66.9 Å². The largest absolute Gasteiger partial charge is 0.514 e. The van der Waals surface area contributed by atoms with Gasteiger partial charge in [-0.15, -0.1) is 0 Å². The van der Waals surface area contributed by atoms with E-state index in [2.05, 4.69) is 0 Å². The molecule has 39 heavy (non-hydrogen) atoms. The van der Waals surface area contributed by atoms with Crippen molar-refractivity contribution in [2.75, 3.05) is 13.7 Å².